The van der Waals surface area contributed by atoms with Crippen LogP contribution in [-0.2, 0) is 14.3 Å². The second-order valence-electron chi connectivity index (χ2n) is 2.78. The van der Waals surface area contributed by atoms with Gasteiger partial charge in [-0.3, -0.25) is 4.79 Å². The zero-order chi connectivity index (χ0) is 10.6. The fraction of sp³-hybridized carbons (Fsp3) is 0.889. The Kier molecular flexibility index (Phi) is 9.95. The van der Waals surface area contributed by atoms with Crippen LogP contribution in [0, 0.1) is 0 Å². The molecule has 0 spiro atoms. The average molecular weight is 205 g/mol. The maximum Gasteiger partial charge on any atom is 0.220 e. The van der Waals surface area contributed by atoms with Crippen LogP contribution in [0.5, 0.6) is 0 Å². The minimum Gasteiger partial charge on any atom is -0.394 e. The average Bonchev–Trinajstić information content (AvgIpc) is 2.18. The molecule has 84 valence electrons. The van der Waals surface area contributed by atoms with Gasteiger partial charge in [-0.1, -0.05) is 0 Å². The van der Waals surface area contributed by atoms with Gasteiger partial charge in [0.25, 0.3) is 0 Å². The summed E-state index contributed by atoms with van der Waals surface area (Å²) >= 11 is 0. The molecule has 0 fully saturated rings. The summed E-state index contributed by atoms with van der Waals surface area (Å²) in [5.74, 6) is 0.00893. The highest BCUT2D eigenvalue weighted by atomic mass is 16.5. The normalized spacial score (nSPS) is 10.1. The molecule has 0 aliphatic rings. The van der Waals surface area contributed by atoms with Gasteiger partial charge in [0.1, 0.15) is 0 Å². The number of carbonyl (C=O) groups is 1. The van der Waals surface area contributed by atoms with E-state index in [4.69, 9.17) is 14.6 Å². The quantitative estimate of drug-likeness (QED) is 0.500. The van der Waals surface area contributed by atoms with Gasteiger partial charge >= 0.3 is 0 Å². The molecule has 0 saturated heterocycles. The first-order chi connectivity index (χ1) is 6.81. The maximum absolute atomic E-state index is 11.1. The van der Waals surface area contributed by atoms with Crippen molar-refractivity contribution < 1.29 is 19.4 Å². The summed E-state index contributed by atoms with van der Waals surface area (Å²) < 4.78 is 9.79. The van der Waals surface area contributed by atoms with Crippen molar-refractivity contribution in [2.24, 2.45) is 0 Å². The van der Waals surface area contributed by atoms with Crippen LogP contribution in [0.25, 0.3) is 0 Å². The lowest BCUT2D eigenvalue weighted by atomic mass is 10.3. The summed E-state index contributed by atoms with van der Waals surface area (Å²) in [7, 11) is 1.61. The first kappa shape index (κ1) is 13.4. The van der Waals surface area contributed by atoms with E-state index in [1.54, 1.807) is 7.11 Å². The van der Waals surface area contributed by atoms with Gasteiger partial charge in [-0.05, 0) is 6.42 Å². The SMILES string of the molecule is COCCCC(=O)NCCOCCO. The molecule has 0 heterocycles. The van der Waals surface area contributed by atoms with E-state index < -0.39 is 0 Å². The maximum atomic E-state index is 11.1. The Labute approximate surface area is 84.4 Å². The zero-order valence-electron chi connectivity index (χ0n) is 8.62. The lowest BCUT2D eigenvalue weighted by Crippen LogP contribution is -2.27. The monoisotopic (exact) mass is 205 g/mol. The van der Waals surface area contributed by atoms with E-state index >= 15 is 0 Å². The molecule has 0 aromatic heterocycles. The van der Waals surface area contributed by atoms with Gasteiger partial charge in [-0.2, -0.15) is 0 Å². The van der Waals surface area contributed by atoms with Gasteiger partial charge in [0, 0.05) is 26.7 Å². The highest BCUT2D eigenvalue weighted by Crippen LogP contribution is 1.88. The van der Waals surface area contributed by atoms with Crippen LogP contribution in [0.15, 0.2) is 0 Å². The largest absolute Gasteiger partial charge is 0.394 e. The van der Waals surface area contributed by atoms with Crippen molar-refractivity contribution in [2.45, 2.75) is 12.8 Å². The molecular weight excluding hydrogens is 186 g/mol. The lowest BCUT2D eigenvalue weighted by Gasteiger charge is -2.05. The third-order valence-corrected chi connectivity index (χ3v) is 1.56. The number of ether oxygens (including phenoxy) is 2. The van der Waals surface area contributed by atoms with Gasteiger partial charge in [-0.25, -0.2) is 0 Å². The zero-order valence-corrected chi connectivity index (χ0v) is 8.62. The third-order valence-electron chi connectivity index (χ3n) is 1.56. The Hall–Kier alpha value is -0.650. The second kappa shape index (κ2) is 10.4. The predicted molar refractivity (Wildman–Crippen MR) is 52.0 cm³/mol. The molecule has 14 heavy (non-hydrogen) atoms. The number of aliphatic hydroxyl groups is 1. The van der Waals surface area contributed by atoms with Gasteiger partial charge in [-0.15, -0.1) is 0 Å². The Morgan fingerprint density at radius 2 is 2.14 bits per heavy atom. The van der Waals surface area contributed by atoms with E-state index in [-0.39, 0.29) is 12.5 Å². The molecule has 0 bridgehead atoms. The molecule has 0 aromatic carbocycles. The molecule has 0 unspecified atom stereocenters. The number of amides is 1. The summed E-state index contributed by atoms with van der Waals surface area (Å²) in [6, 6.07) is 0. The molecule has 5 nitrogen and oxygen atoms in total. The van der Waals surface area contributed by atoms with Crippen molar-refractivity contribution in [1.29, 1.82) is 0 Å². The summed E-state index contributed by atoms with van der Waals surface area (Å²) in [5, 5.41) is 11.1. The van der Waals surface area contributed by atoms with E-state index in [1.807, 2.05) is 0 Å². The molecule has 5 heteroatoms. The van der Waals surface area contributed by atoms with Crippen molar-refractivity contribution in [3.05, 3.63) is 0 Å². The Bertz CT molecular complexity index is 141. The van der Waals surface area contributed by atoms with E-state index in [9.17, 15) is 4.79 Å². The first-order valence-electron chi connectivity index (χ1n) is 4.75. The molecule has 0 atom stereocenters. The number of rotatable bonds is 9. The fourth-order valence-corrected chi connectivity index (χ4v) is 0.895. The van der Waals surface area contributed by atoms with E-state index in [0.29, 0.717) is 32.8 Å². The van der Waals surface area contributed by atoms with Crippen molar-refractivity contribution in [1.82, 2.24) is 5.32 Å². The Balaban J connectivity index is 3.10. The standard InChI is InChI=1S/C9H19NO4/c1-13-6-2-3-9(12)10-4-7-14-8-5-11/h11H,2-8H2,1H3,(H,10,12). The number of aliphatic hydroxyl groups excluding tert-OH is 1. The number of nitrogens with one attached hydrogen (secondary N) is 1. The van der Waals surface area contributed by atoms with Gasteiger partial charge < -0.3 is 19.9 Å². The highest BCUT2D eigenvalue weighted by molar-refractivity contribution is 5.75. The molecule has 0 rings (SSSR count). The lowest BCUT2D eigenvalue weighted by molar-refractivity contribution is -0.121. The summed E-state index contributed by atoms with van der Waals surface area (Å²) in [4.78, 5) is 11.1. The number of methoxy groups -OCH3 is 1. The number of carbonyl (C=O) groups excluding carboxylic acids is 1. The van der Waals surface area contributed by atoms with Crippen molar-refractivity contribution >= 4 is 5.91 Å². The van der Waals surface area contributed by atoms with E-state index in [2.05, 4.69) is 5.32 Å². The van der Waals surface area contributed by atoms with Gasteiger partial charge in [0.05, 0.1) is 19.8 Å². The van der Waals surface area contributed by atoms with Crippen LogP contribution in [-0.4, -0.2) is 51.1 Å². The third kappa shape index (κ3) is 9.44. The second-order valence-corrected chi connectivity index (χ2v) is 2.78. The van der Waals surface area contributed by atoms with Crippen LogP contribution in [0.3, 0.4) is 0 Å². The van der Waals surface area contributed by atoms with E-state index in [0.717, 1.165) is 6.42 Å². The highest BCUT2D eigenvalue weighted by Gasteiger charge is 1.99. The van der Waals surface area contributed by atoms with Crippen molar-refractivity contribution in [3.8, 4) is 0 Å². The number of hydrogen-bond acceptors (Lipinski definition) is 4. The topological polar surface area (TPSA) is 67.8 Å². The van der Waals surface area contributed by atoms with Gasteiger partial charge in [0.15, 0.2) is 0 Å². The van der Waals surface area contributed by atoms with Crippen LogP contribution in [0.4, 0.5) is 0 Å². The molecule has 0 aliphatic heterocycles. The molecule has 0 saturated carbocycles. The summed E-state index contributed by atoms with van der Waals surface area (Å²) in [6.45, 7) is 1.87. The molecular formula is C9H19NO4. The predicted octanol–water partition coefficient (Wildman–Crippen LogP) is -0.462. The van der Waals surface area contributed by atoms with Crippen LogP contribution < -0.4 is 5.32 Å². The van der Waals surface area contributed by atoms with Crippen molar-refractivity contribution in [3.63, 3.8) is 0 Å². The minimum absolute atomic E-state index is 0.00893. The minimum atomic E-state index is 0.00893. The van der Waals surface area contributed by atoms with E-state index in [1.165, 1.54) is 0 Å². The van der Waals surface area contributed by atoms with Crippen LogP contribution in [0.2, 0.25) is 0 Å². The van der Waals surface area contributed by atoms with Crippen LogP contribution >= 0.6 is 0 Å². The smallest absolute Gasteiger partial charge is 0.220 e. The number of hydrogen-bond donors (Lipinski definition) is 2. The molecule has 0 aliphatic carbocycles. The van der Waals surface area contributed by atoms with Crippen molar-refractivity contribution in [2.75, 3.05) is 40.1 Å². The molecule has 2 N–H and O–H groups in total. The molecule has 0 radical (unpaired) electrons. The Morgan fingerprint density at radius 3 is 2.79 bits per heavy atom. The van der Waals surface area contributed by atoms with Crippen LogP contribution in [0.1, 0.15) is 12.8 Å². The molecule has 1 amide bonds. The Morgan fingerprint density at radius 1 is 1.36 bits per heavy atom. The fourth-order valence-electron chi connectivity index (χ4n) is 0.895. The first-order valence-corrected chi connectivity index (χ1v) is 4.75. The molecule has 0 aromatic rings. The summed E-state index contributed by atoms with van der Waals surface area (Å²) in [6.07, 6.45) is 1.22. The summed E-state index contributed by atoms with van der Waals surface area (Å²) in [5.41, 5.74) is 0. The van der Waals surface area contributed by atoms with Gasteiger partial charge in [0.2, 0.25) is 5.91 Å².